The fraction of sp³-hybridized carbons (Fsp3) is 0.923. The molecule has 2 heterocycles. The Bertz CT molecular complexity index is 840. The van der Waals surface area contributed by atoms with Gasteiger partial charge in [-0.15, -0.1) is 0 Å². The van der Waals surface area contributed by atoms with E-state index in [4.69, 9.17) is 28.1 Å². The molecular weight excluding hydrogens is 498 g/mol. The van der Waals surface area contributed by atoms with Gasteiger partial charge in [0, 0.05) is 0 Å². The molecule has 2 aliphatic rings. The highest BCUT2D eigenvalue weighted by molar-refractivity contribution is 6.74. The number of hydrogen-bond acceptors (Lipinski definition) is 9. The molecule has 1 amide bonds. The fourth-order valence-electron chi connectivity index (χ4n) is 3.89. The highest BCUT2D eigenvalue weighted by Gasteiger charge is 2.68. The van der Waals surface area contributed by atoms with Crippen LogP contribution in [0.5, 0.6) is 0 Å². The summed E-state index contributed by atoms with van der Waals surface area (Å²) in [6.45, 7) is 24.4. The number of alkyl carbamates (subject to hydrolysis) is 1. The summed E-state index contributed by atoms with van der Waals surface area (Å²) in [5.74, 6) is -1.55. The highest BCUT2D eigenvalue weighted by Crippen LogP contribution is 2.47. The van der Waals surface area contributed by atoms with Gasteiger partial charge < -0.3 is 38.5 Å². The molecule has 2 unspecified atom stereocenters. The lowest BCUT2D eigenvalue weighted by Gasteiger charge is -2.38. The standard InChI is InChI=1S/C26H49NO9Si/c1-22(2,3)19(28)31-15-26-18(34-25(10,11)36-26)17(33-20(26)29)16(27-21(30)35-23(4,5)6)14-32-37(12,13)24(7,8)9/h16-18,20,29H,14-15H2,1-13H3,(H,27,30)/t16?,17-,18+,20?,26+/m1/s1. The van der Waals surface area contributed by atoms with Gasteiger partial charge in [0.15, 0.2) is 26.0 Å². The highest BCUT2D eigenvalue weighted by atomic mass is 28.4. The Hall–Kier alpha value is -1.24. The topological polar surface area (TPSA) is 122 Å². The minimum absolute atomic E-state index is 0.0700. The molecule has 0 bridgehead atoms. The summed E-state index contributed by atoms with van der Waals surface area (Å²) < 4.78 is 35.8. The van der Waals surface area contributed by atoms with Gasteiger partial charge in [0.05, 0.1) is 18.1 Å². The van der Waals surface area contributed by atoms with Crippen molar-refractivity contribution < 1.29 is 42.8 Å². The smallest absolute Gasteiger partial charge is 0.408 e. The first-order valence-corrected chi connectivity index (χ1v) is 15.8. The second-order valence-corrected chi connectivity index (χ2v) is 18.9. The molecule has 37 heavy (non-hydrogen) atoms. The number of fused-ring (bicyclic) bond motifs is 1. The second-order valence-electron chi connectivity index (χ2n) is 14.1. The van der Waals surface area contributed by atoms with E-state index in [1.165, 1.54) is 0 Å². The number of ether oxygens (including phenoxy) is 5. The SMILES string of the molecule is CC(C)(C)OC(=O)NC(CO[Si](C)(C)C(C)(C)C)[C@H]1OC(O)[C@@]2(COC(=O)C(C)(C)C)OC(C)(C)O[C@@H]12. The third kappa shape index (κ3) is 7.66. The van der Waals surface area contributed by atoms with Crippen LogP contribution in [0.4, 0.5) is 4.79 Å². The van der Waals surface area contributed by atoms with Crippen molar-refractivity contribution in [3.63, 3.8) is 0 Å². The molecule has 2 N–H and O–H groups in total. The molecule has 5 atom stereocenters. The first-order valence-electron chi connectivity index (χ1n) is 12.9. The van der Waals surface area contributed by atoms with E-state index >= 15 is 0 Å². The van der Waals surface area contributed by atoms with Crippen LogP contribution in [0.1, 0.15) is 76.2 Å². The normalized spacial score (nSPS) is 29.0. The summed E-state index contributed by atoms with van der Waals surface area (Å²) in [6.07, 6.45) is -3.87. The molecule has 0 aliphatic carbocycles. The maximum Gasteiger partial charge on any atom is 0.408 e. The van der Waals surface area contributed by atoms with Crippen LogP contribution in [0.25, 0.3) is 0 Å². The molecule has 0 radical (unpaired) electrons. The van der Waals surface area contributed by atoms with Gasteiger partial charge in [0.1, 0.15) is 24.4 Å². The van der Waals surface area contributed by atoms with Crippen molar-refractivity contribution in [3.8, 4) is 0 Å². The van der Waals surface area contributed by atoms with Gasteiger partial charge >= 0.3 is 12.1 Å². The van der Waals surface area contributed by atoms with E-state index < -0.39 is 67.3 Å². The van der Waals surface area contributed by atoms with Crippen LogP contribution in [0.2, 0.25) is 18.1 Å². The number of hydrogen-bond donors (Lipinski definition) is 2. The number of aliphatic hydroxyl groups is 1. The van der Waals surface area contributed by atoms with Crippen molar-refractivity contribution in [3.05, 3.63) is 0 Å². The Morgan fingerprint density at radius 2 is 1.62 bits per heavy atom. The molecule has 0 aromatic rings. The molecule has 0 saturated carbocycles. The molecule has 2 aliphatic heterocycles. The van der Waals surface area contributed by atoms with Crippen LogP contribution in [0, 0.1) is 5.41 Å². The molecule has 0 spiro atoms. The second kappa shape index (κ2) is 10.4. The van der Waals surface area contributed by atoms with Crippen molar-refractivity contribution in [2.24, 2.45) is 5.41 Å². The predicted octanol–water partition coefficient (Wildman–Crippen LogP) is 4.10. The Balaban J connectivity index is 2.38. The number of amides is 1. The quantitative estimate of drug-likeness (QED) is 0.358. The number of aliphatic hydroxyl groups excluding tert-OH is 1. The van der Waals surface area contributed by atoms with E-state index in [2.05, 4.69) is 39.2 Å². The summed E-state index contributed by atoms with van der Waals surface area (Å²) in [7, 11) is -2.22. The van der Waals surface area contributed by atoms with E-state index in [9.17, 15) is 14.7 Å². The van der Waals surface area contributed by atoms with Crippen molar-refractivity contribution in [2.45, 2.75) is 136 Å². The van der Waals surface area contributed by atoms with Gasteiger partial charge in [0.2, 0.25) is 0 Å². The van der Waals surface area contributed by atoms with Gasteiger partial charge in [-0.25, -0.2) is 4.79 Å². The summed E-state index contributed by atoms with van der Waals surface area (Å²) in [5.41, 5.74) is -2.95. The summed E-state index contributed by atoms with van der Waals surface area (Å²) in [4.78, 5) is 25.4. The Morgan fingerprint density at radius 1 is 1.05 bits per heavy atom. The molecule has 2 saturated heterocycles. The number of nitrogens with one attached hydrogen (secondary N) is 1. The molecule has 11 heteroatoms. The largest absolute Gasteiger partial charge is 0.462 e. The zero-order valence-corrected chi connectivity index (χ0v) is 25.9. The lowest BCUT2D eigenvalue weighted by Crippen LogP contribution is -2.57. The van der Waals surface area contributed by atoms with Gasteiger partial charge in [-0.3, -0.25) is 4.79 Å². The summed E-state index contributed by atoms with van der Waals surface area (Å²) >= 11 is 0. The van der Waals surface area contributed by atoms with Gasteiger partial charge in [-0.05, 0) is 73.5 Å². The minimum Gasteiger partial charge on any atom is -0.462 e. The lowest BCUT2D eigenvalue weighted by atomic mass is 9.92. The molecule has 0 aromatic carbocycles. The van der Waals surface area contributed by atoms with Crippen LogP contribution >= 0.6 is 0 Å². The molecule has 10 nitrogen and oxygen atoms in total. The number of carbonyl (C=O) groups excluding carboxylic acids is 2. The van der Waals surface area contributed by atoms with Gasteiger partial charge in [0.25, 0.3) is 0 Å². The van der Waals surface area contributed by atoms with E-state index in [1.54, 1.807) is 55.4 Å². The summed E-state index contributed by atoms with van der Waals surface area (Å²) in [5, 5.41) is 13.9. The molecular formula is C26H49NO9Si. The number of esters is 1. The van der Waals surface area contributed by atoms with Crippen LogP contribution in [-0.4, -0.2) is 80.2 Å². The van der Waals surface area contributed by atoms with Crippen LogP contribution in [0.15, 0.2) is 0 Å². The minimum atomic E-state index is -2.22. The third-order valence-corrected chi connectivity index (χ3v) is 11.4. The lowest BCUT2D eigenvalue weighted by molar-refractivity contribution is -0.257. The zero-order chi connectivity index (χ0) is 28.8. The van der Waals surface area contributed by atoms with Gasteiger partial charge in [-0.2, -0.15) is 0 Å². The average molecular weight is 548 g/mol. The number of carbonyl (C=O) groups is 2. The van der Waals surface area contributed by atoms with Crippen molar-refractivity contribution in [1.82, 2.24) is 5.32 Å². The Kier molecular flexibility index (Phi) is 8.97. The predicted molar refractivity (Wildman–Crippen MR) is 140 cm³/mol. The maximum atomic E-state index is 12.8. The maximum absolute atomic E-state index is 12.8. The van der Waals surface area contributed by atoms with Crippen LogP contribution in [-0.2, 0) is 32.9 Å². The van der Waals surface area contributed by atoms with E-state index in [-0.39, 0.29) is 18.3 Å². The third-order valence-electron chi connectivity index (χ3n) is 6.90. The van der Waals surface area contributed by atoms with E-state index in [0.717, 1.165) is 0 Å². The number of rotatable bonds is 7. The van der Waals surface area contributed by atoms with Gasteiger partial charge in [-0.1, -0.05) is 20.8 Å². The zero-order valence-electron chi connectivity index (χ0n) is 24.9. The van der Waals surface area contributed by atoms with Crippen LogP contribution in [0.3, 0.4) is 0 Å². The average Bonchev–Trinajstić information content (AvgIpc) is 3.08. The Labute approximate surface area is 223 Å². The monoisotopic (exact) mass is 547 g/mol. The van der Waals surface area contributed by atoms with Crippen LogP contribution < -0.4 is 5.32 Å². The first kappa shape index (κ1) is 32.0. The fourth-order valence-corrected chi connectivity index (χ4v) is 4.92. The van der Waals surface area contributed by atoms with Crippen molar-refractivity contribution in [2.75, 3.05) is 13.2 Å². The first-order chi connectivity index (χ1) is 16.4. The molecule has 2 rings (SSSR count). The Morgan fingerprint density at radius 3 is 2.11 bits per heavy atom. The molecule has 2 fully saturated rings. The van der Waals surface area contributed by atoms with E-state index in [1.807, 2.05) is 0 Å². The summed E-state index contributed by atoms with van der Waals surface area (Å²) in [6, 6.07) is -0.749. The van der Waals surface area contributed by atoms with E-state index in [0.29, 0.717) is 0 Å². The van der Waals surface area contributed by atoms with Crippen molar-refractivity contribution >= 4 is 20.4 Å². The van der Waals surface area contributed by atoms with Crippen molar-refractivity contribution in [1.29, 1.82) is 0 Å². The molecule has 216 valence electrons. The molecule has 0 aromatic heterocycles.